The van der Waals surface area contributed by atoms with Crippen LogP contribution >= 0.6 is 0 Å². The minimum Gasteiger partial charge on any atom is -0.870 e. The Morgan fingerprint density at radius 1 is 1.33 bits per heavy atom. The van der Waals surface area contributed by atoms with Gasteiger partial charge in [-0.2, -0.15) is 0 Å². The fourth-order valence-corrected chi connectivity index (χ4v) is 0. The topological polar surface area (TPSA) is 60.0 Å². The van der Waals surface area contributed by atoms with Crippen LogP contribution in [0.5, 0.6) is 0 Å². The Labute approximate surface area is 56.8 Å². The molecule has 0 saturated heterocycles. The van der Waals surface area contributed by atoms with E-state index in [1.54, 1.807) is 0 Å². The van der Waals surface area contributed by atoms with Crippen molar-refractivity contribution in [3.05, 3.63) is 12.3 Å². The normalized spacial score (nSPS) is 2.67. The minimum absolute atomic E-state index is 0. The summed E-state index contributed by atoms with van der Waals surface area (Å²) in [6.07, 6.45) is 0. The van der Waals surface area contributed by atoms with Gasteiger partial charge in [-0.1, -0.05) is 0 Å². The SMILES string of the molecule is C=C[SiH3].[Mg+2].[OH-].[OH-]. The van der Waals surface area contributed by atoms with Crippen LogP contribution in [0.15, 0.2) is 12.3 Å². The Bertz CT molecular complexity index is 19.0. The number of rotatable bonds is 0. The van der Waals surface area contributed by atoms with Gasteiger partial charge in [0, 0.05) is 10.2 Å². The molecule has 34 valence electrons. The third-order valence-electron chi connectivity index (χ3n) is 0. The van der Waals surface area contributed by atoms with Crippen LogP contribution < -0.4 is 0 Å². The third kappa shape index (κ3) is 149. The minimum atomic E-state index is 0. The van der Waals surface area contributed by atoms with E-state index in [4.69, 9.17) is 0 Å². The standard InChI is InChI=1S/C2H6Si.Mg.2H2O/c1-2-3;;;/h2H,1H2,3H3;;2*1H2/q;+2;;/p-2. The van der Waals surface area contributed by atoms with Gasteiger partial charge in [0.15, 0.2) is 0 Å². The number of hydrogen-bond acceptors (Lipinski definition) is 2. The zero-order valence-corrected chi connectivity index (χ0v) is 7.30. The summed E-state index contributed by atoms with van der Waals surface area (Å²) < 4.78 is 0. The monoisotopic (exact) mass is 116 g/mol. The van der Waals surface area contributed by atoms with Gasteiger partial charge in [-0.15, -0.1) is 12.3 Å². The van der Waals surface area contributed by atoms with E-state index < -0.39 is 0 Å². The van der Waals surface area contributed by atoms with Gasteiger partial charge >= 0.3 is 23.1 Å². The van der Waals surface area contributed by atoms with E-state index in [1.165, 1.54) is 0 Å². The Balaban J connectivity index is -0.00000000667. The molecule has 0 aromatic rings. The largest absolute Gasteiger partial charge is 2.00 e. The first-order valence-corrected chi connectivity index (χ1v) is 2.14. The van der Waals surface area contributed by atoms with Crippen molar-refractivity contribution in [2.24, 2.45) is 0 Å². The molecule has 0 fully saturated rings. The average molecular weight is 116 g/mol. The van der Waals surface area contributed by atoms with Crippen LogP contribution in [0, 0.1) is 0 Å². The predicted molar refractivity (Wildman–Crippen MR) is 29.8 cm³/mol. The second-order valence-corrected chi connectivity index (χ2v) is 1.22. The Hall–Kier alpha value is 0.643. The van der Waals surface area contributed by atoms with Crippen LogP contribution in [0.25, 0.3) is 0 Å². The van der Waals surface area contributed by atoms with Crippen LogP contribution in [0.4, 0.5) is 0 Å². The quantitative estimate of drug-likeness (QED) is 0.372. The predicted octanol–water partition coefficient (Wildman–Crippen LogP) is -1.24. The fraction of sp³-hybridized carbons (Fsp3) is 0. The molecule has 0 aliphatic carbocycles. The molecule has 0 heterocycles. The fourth-order valence-electron chi connectivity index (χ4n) is 0. The first kappa shape index (κ1) is 30.3. The summed E-state index contributed by atoms with van der Waals surface area (Å²) >= 11 is 0. The van der Waals surface area contributed by atoms with Crippen LogP contribution in [0.2, 0.25) is 0 Å². The van der Waals surface area contributed by atoms with E-state index in [0.29, 0.717) is 0 Å². The van der Waals surface area contributed by atoms with Crippen molar-refractivity contribution in [2.75, 3.05) is 0 Å². The van der Waals surface area contributed by atoms with Crippen molar-refractivity contribution in [2.45, 2.75) is 0 Å². The molecule has 4 heteroatoms. The van der Waals surface area contributed by atoms with Crippen molar-refractivity contribution in [3.8, 4) is 0 Å². The van der Waals surface area contributed by atoms with Crippen LogP contribution in [0.3, 0.4) is 0 Å². The first-order chi connectivity index (χ1) is 1.41. The van der Waals surface area contributed by atoms with Crippen molar-refractivity contribution in [1.29, 1.82) is 0 Å². The van der Waals surface area contributed by atoms with Gasteiger partial charge < -0.3 is 11.0 Å². The van der Waals surface area contributed by atoms with Crippen LogP contribution in [0.1, 0.15) is 0 Å². The van der Waals surface area contributed by atoms with E-state index in [2.05, 4.69) is 6.58 Å². The van der Waals surface area contributed by atoms with Crippen molar-refractivity contribution in [1.82, 2.24) is 0 Å². The third-order valence-corrected chi connectivity index (χ3v) is 0. The molecule has 2 nitrogen and oxygen atoms in total. The molecule has 0 saturated carbocycles. The summed E-state index contributed by atoms with van der Waals surface area (Å²) in [4.78, 5) is 0. The molecule has 0 atom stereocenters. The van der Waals surface area contributed by atoms with Gasteiger partial charge in [-0.3, -0.25) is 0 Å². The van der Waals surface area contributed by atoms with E-state index in [9.17, 15) is 0 Å². The van der Waals surface area contributed by atoms with Gasteiger partial charge in [0.1, 0.15) is 0 Å². The maximum atomic E-state index is 3.42. The van der Waals surface area contributed by atoms with E-state index in [-0.39, 0.29) is 34.0 Å². The molecule has 0 aromatic heterocycles. The van der Waals surface area contributed by atoms with Gasteiger partial charge in [-0.05, 0) is 0 Å². The second kappa shape index (κ2) is 45.1. The molecule has 0 bridgehead atoms. The van der Waals surface area contributed by atoms with Gasteiger partial charge in [0.2, 0.25) is 0 Å². The molecule has 0 aliphatic rings. The summed E-state index contributed by atoms with van der Waals surface area (Å²) in [5, 5.41) is 0. The summed E-state index contributed by atoms with van der Waals surface area (Å²) in [7, 11) is 1.13. The maximum absolute atomic E-state index is 3.42. The second-order valence-electron chi connectivity index (χ2n) is 0.408. The smallest absolute Gasteiger partial charge is 0.870 e. The zero-order valence-electron chi connectivity index (χ0n) is 3.89. The average Bonchev–Trinajstić information content (AvgIpc) is 0.918. The maximum Gasteiger partial charge on any atom is 2.00 e. The molecule has 0 aromatic carbocycles. The zero-order chi connectivity index (χ0) is 2.71. The van der Waals surface area contributed by atoms with E-state index in [1.807, 2.05) is 5.70 Å². The van der Waals surface area contributed by atoms with E-state index in [0.717, 1.165) is 10.2 Å². The molecule has 0 spiro atoms. The van der Waals surface area contributed by atoms with Crippen molar-refractivity contribution >= 4 is 33.3 Å². The van der Waals surface area contributed by atoms with Gasteiger partial charge in [0.25, 0.3) is 0 Å². The molecule has 0 radical (unpaired) electrons. The van der Waals surface area contributed by atoms with Crippen LogP contribution in [-0.4, -0.2) is 44.2 Å². The Kier molecular flexibility index (Phi) is 227. The number of hydrogen-bond donors (Lipinski definition) is 0. The van der Waals surface area contributed by atoms with Crippen LogP contribution in [-0.2, 0) is 0 Å². The molecule has 0 aliphatic heterocycles. The summed E-state index contributed by atoms with van der Waals surface area (Å²) in [6.45, 7) is 3.42. The molecular weight excluding hydrogens is 108 g/mol. The summed E-state index contributed by atoms with van der Waals surface area (Å²) in [5.41, 5.74) is 1.89. The Morgan fingerprint density at radius 2 is 1.33 bits per heavy atom. The molecular formula is C2H8MgO2Si. The van der Waals surface area contributed by atoms with Crippen molar-refractivity contribution < 1.29 is 11.0 Å². The first-order valence-electron chi connectivity index (χ1n) is 0.986. The summed E-state index contributed by atoms with van der Waals surface area (Å²) in [6, 6.07) is 0. The Morgan fingerprint density at radius 3 is 1.33 bits per heavy atom. The molecule has 0 unspecified atom stereocenters. The molecule has 0 rings (SSSR count). The molecule has 6 heavy (non-hydrogen) atoms. The molecule has 0 amide bonds. The van der Waals surface area contributed by atoms with Crippen molar-refractivity contribution in [3.63, 3.8) is 0 Å². The molecule has 2 N–H and O–H groups in total. The van der Waals surface area contributed by atoms with Gasteiger partial charge in [-0.25, -0.2) is 0 Å². The summed E-state index contributed by atoms with van der Waals surface area (Å²) in [5.74, 6) is 0. The van der Waals surface area contributed by atoms with Gasteiger partial charge in [0.05, 0.1) is 0 Å². The van der Waals surface area contributed by atoms with E-state index >= 15 is 0 Å².